The molecule has 7 nitrogen and oxygen atoms in total. The van der Waals surface area contributed by atoms with Gasteiger partial charge in [0.25, 0.3) is 11.8 Å². The quantitative estimate of drug-likeness (QED) is 0.0988. The molecule has 0 aromatic heterocycles. The summed E-state index contributed by atoms with van der Waals surface area (Å²) in [5, 5.41) is 8.79. The van der Waals surface area contributed by atoms with Crippen LogP contribution in [0.4, 0.5) is 0 Å². The Hall–Kier alpha value is -3.76. The molecule has 2 amide bonds. The molecule has 0 saturated heterocycles. The topological polar surface area (TPSA) is 96.9 Å². The molecule has 0 aliphatic rings. The predicted octanol–water partition coefficient (Wildman–Crippen LogP) is 5.20. The van der Waals surface area contributed by atoms with E-state index < -0.39 is 11.9 Å². The largest absolute Gasteiger partial charge is 0.422 e. The van der Waals surface area contributed by atoms with E-state index in [0.29, 0.717) is 21.7 Å². The highest BCUT2D eigenvalue weighted by Crippen LogP contribution is 2.27. The van der Waals surface area contributed by atoms with Crippen LogP contribution in [0, 0.1) is 3.57 Å². The van der Waals surface area contributed by atoms with Crippen LogP contribution in [0.1, 0.15) is 26.3 Å². The molecule has 180 valence electrons. The van der Waals surface area contributed by atoms with Gasteiger partial charge in [-0.25, -0.2) is 10.2 Å². The summed E-state index contributed by atoms with van der Waals surface area (Å²) >= 11 is 7.96. The van der Waals surface area contributed by atoms with Crippen molar-refractivity contribution in [1.82, 2.24) is 10.7 Å². The number of benzene rings is 4. The highest BCUT2D eigenvalue weighted by atomic mass is 127. The lowest BCUT2D eigenvalue weighted by Gasteiger charge is -2.11. The SMILES string of the molecule is O=C(CNC(=O)c1ccccc1I)NN=Cc1c(OC(=O)c2ccc(Cl)cc2)ccc2ccccc12. The van der Waals surface area contributed by atoms with Crippen LogP contribution in [0.15, 0.2) is 90.0 Å². The van der Waals surface area contributed by atoms with Crippen LogP contribution in [0.25, 0.3) is 10.8 Å². The molecule has 0 heterocycles. The fourth-order valence-electron chi connectivity index (χ4n) is 3.35. The molecule has 0 atom stereocenters. The van der Waals surface area contributed by atoms with Crippen LogP contribution in [0.2, 0.25) is 5.02 Å². The van der Waals surface area contributed by atoms with Crippen molar-refractivity contribution < 1.29 is 19.1 Å². The standard InChI is InChI=1S/C27H19ClIN3O4/c28-19-12-9-18(10-13-19)27(35)36-24-14-11-17-5-1-2-6-20(17)22(24)15-31-32-25(33)16-30-26(34)21-7-3-4-8-23(21)29/h1-15H,16H2,(H,30,34)(H,32,33). The van der Waals surface area contributed by atoms with Crippen molar-refractivity contribution in [2.75, 3.05) is 6.54 Å². The normalized spacial score (nSPS) is 10.8. The number of halogens is 2. The van der Waals surface area contributed by atoms with Crippen molar-refractivity contribution in [2.24, 2.45) is 5.10 Å². The molecule has 0 unspecified atom stereocenters. The number of hydrogen-bond donors (Lipinski definition) is 2. The minimum absolute atomic E-state index is 0.255. The lowest BCUT2D eigenvalue weighted by molar-refractivity contribution is -0.120. The molecule has 4 rings (SSSR count). The van der Waals surface area contributed by atoms with Crippen LogP contribution >= 0.6 is 34.2 Å². The minimum Gasteiger partial charge on any atom is -0.422 e. The van der Waals surface area contributed by atoms with Crippen molar-refractivity contribution in [1.29, 1.82) is 0 Å². The van der Waals surface area contributed by atoms with Crippen LogP contribution in [0.3, 0.4) is 0 Å². The van der Waals surface area contributed by atoms with Crippen molar-refractivity contribution in [3.8, 4) is 5.75 Å². The average molecular weight is 612 g/mol. The van der Waals surface area contributed by atoms with Crippen molar-refractivity contribution in [3.63, 3.8) is 0 Å². The zero-order chi connectivity index (χ0) is 25.5. The van der Waals surface area contributed by atoms with E-state index in [4.69, 9.17) is 16.3 Å². The molecule has 4 aromatic rings. The van der Waals surface area contributed by atoms with Gasteiger partial charge < -0.3 is 10.1 Å². The molecule has 0 aliphatic heterocycles. The van der Waals surface area contributed by atoms with E-state index in [1.807, 2.05) is 36.4 Å². The molecule has 36 heavy (non-hydrogen) atoms. The van der Waals surface area contributed by atoms with E-state index in [9.17, 15) is 14.4 Å². The Bertz CT molecular complexity index is 1470. The molecule has 0 saturated carbocycles. The Balaban J connectivity index is 1.47. The number of rotatable bonds is 7. The fourth-order valence-corrected chi connectivity index (χ4v) is 4.11. The van der Waals surface area contributed by atoms with Gasteiger partial charge in [0, 0.05) is 14.2 Å². The molecule has 0 spiro atoms. The van der Waals surface area contributed by atoms with Crippen LogP contribution in [0.5, 0.6) is 5.75 Å². The fraction of sp³-hybridized carbons (Fsp3) is 0.0370. The Labute approximate surface area is 225 Å². The first-order chi connectivity index (χ1) is 17.4. The summed E-state index contributed by atoms with van der Waals surface area (Å²) in [5.41, 5.74) is 3.73. The van der Waals surface area contributed by atoms with Gasteiger partial charge >= 0.3 is 5.97 Å². The average Bonchev–Trinajstić information content (AvgIpc) is 2.89. The van der Waals surface area contributed by atoms with E-state index in [0.717, 1.165) is 14.3 Å². The summed E-state index contributed by atoms with van der Waals surface area (Å²) in [4.78, 5) is 37.2. The Morgan fingerprint density at radius 3 is 2.42 bits per heavy atom. The van der Waals surface area contributed by atoms with E-state index in [1.54, 1.807) is 48.5 Å². The summed E-state index contributed by atoms with van der Waals surface area (Å²) in [5.74, 6) is -1.15. The Kier molecular flexibility index (Phi) is 8.29. The maximum absolute atomic E-state index is 12.7. The molecule has 4 aromatic carbocycles. The van der Waals surface area contributed by atoms with Gasteiger partial charge in [-0.3, -0.25) is 9.59 Å². The Morgan fingerprint density at radius 1 is 0.917 bits per heavy atom. The third-order valence-corrected chi connectivity index (χ3v) is 6.32. The highest BCUT2D eigenvalue weighted by Gasteiger charge is 2.14. The van der Waals surface area contributed by atoms with Gasteiger partial charge in [-0.1, -0.05) is 54.1 Å². The zero-order valence-corrected chi connectivity index (χ0v) is 21.6. The number of amides is 2. The second-order valence-corrected chi connectivity index (χ2v) is 9.15. The first-order valence-corrected chi connectivity index (χ1v) is 12.2. The molecule has 9 heteroatoms. The summed E-state index contributed by atoms with van der Waals surface area (Å²) < 4.78 is 6.41. The number of carbonyl (C=O) groups is 3. The van der Waals surface area contributed by atoms with Crippen LogP contribution in [-0.4, -0.2) is 30.5 Å². The van der Waals surface area contributed by atoms with Crippen LogP contribution in [-0.2, 0) is 4.79 Å². The summed E-state index contributed by atoms with van der Waals surface area (Å²) in [6.07, 6.45) is 1.41. The number of esters is 1. The van der Waals surface area contributed by atoms with E-state index in [1.165, 1.54) is 6.21 Å². The predicted molar refractivity (Wildman–Crippen MR) is 148 cm³/mol. The molecular weight excluding hydrogens is 593 g/mol. The number of carbonyl (C=O) groups excluding carboxylic acids is 3. The van der Waals surface area contributed by atoms with E-state index >= 15 is 0 Å². The van der Waals surface area contributed by atoms with E-state index in [2.05, 4.69) is 38.4 Å². The van der Waals surface area contributed by atoms with Gasteiger partial charge in [0.1, 0.15) is 5.75 Å². The third-order valence-electron chi connectivity index (χ3n) is 5.12. The van der Waals surface area contributed by atoms with Crippen molar-refractivity contribution in [2.45, 2.75) is 0 Å². The van der Waals surface area contributed by atoms with Crippen molar-refractivity contribution in [3.05, 3.63) is 110 Å². The third kappa shape index (κ3) is 6.27. The second kappa shape index (κ2) is 11.8. The first kappa shape index (κ1) is 25.3. The van der Waals surface area contributed by atoms with Gasteiger partial charge in [-0.2, -0.15) is 5.10 Å². The lowest BCUT2D eigenvalue weighted by atomic mass is 10.0. The maximum Gasteiger partial charge on any atom is 0.343 e. The lowest BCUT2D eigenvalue weighted by Crippen LogP contribution is -2.35. The number of nitrogens with one attached hydrogen (secondary N) is 2. The van der Waals surface area contributed by atoms with Gasteiger partial charge in [-0.15, -0.1) is 0 Å². The maximum atomic E-state index is 12.7. The zero-order valence-electron chi connectivity index (χ0n) is 18.7. The molecule has 0 bridgehead atoms. The molecular formula is C27H19ClIN3O4. The summed E-state index contributed by atoms with van der Waals surface area (Å²) in [7, 11) is 0. The molecule has 0 radical (unpaired) electrons. The Morgan fingerprint density at radius 2 is 1.64 bits per heavy atom. The minimum atomic E-state index is -0.557. The number of nitrogens with zero attached hydrogens (tertiary/aromatic N) is 1. The second-order valence-electron chi connectivity index (χ2n) is 7.55. The first-order valence-electron chi connectivity index (χ1n) is 10.8. The van der Waals surface area contributed by atoms with Crippen LogP contribution < -0.4 is 15.5 Å². The number of ether oxygens (including phenoxy) is 1. The number of fused-ring (bicyclic) bond motifs is 1. The summed E-state index contributed by atoms with van der Waals surface area (Å²) in [6.45, 7) is -0.255. The summed E-state index contributed by atoms with van der Waals surface area (Å²) in [6, 6.07) is 24.4. The van der Waals surface area contributed by atoms with Gasteiger partial charge in [0.15, 0.2) is 0 Å². The van der Waals surface area contributed by atoms with Gasteiger partial charge in [0.05, 0.1) is 23.9 Å². The number of hydrazone groups is 1. The van der Waals surface area contributed by atoms with Gasteiger partial charge in [0.2, 0.25) is 0 Å². The highest BCUT2D eigenvalue weighted by molar-refractivity contribution is 14.1. The smallest absolute Gasteiger partial charge is 0.343 e. The monoisotopic (exact) mass is 611 g/mol. The number of hydrogen-bond acceptors (Lipinski definition) is 5. The van der Waals surface area contributed by atoms with Crippen molar-refractivity contribution >= 4 is 69.0 Å². The molecule has 0 aliphatic carbocycles. The molecule has 0 fully saturated rings. The van der Waals surface area contributed by atoms with Gasteiger partial charge in [-0.05, 0) is 75.8 Å². The van der Waals surface area contributed by atoms with E-state index in [-0.39, 0.29) is 18.2 Å². The molecule has 2 N–H and O–H groups in total.